The van der Waals surface area contributed by atoms with E-state index in [1.165, 1.54) is 5.69 Å². The molecule has 0 amide bonds. The predicted molar refractivity (Wildman–Crippen MR) is 89.0 cm³/mol. The number of para-hydroxylation sites is 1. The first-order chi connectivity index (χ1) is 10.3. The lowest BCUT2D eigenvalue weighted by Gasteiger charge is -2.19. The Hall–Kier alpha value is -2.30. The Balaban J connectivity index is 1.73. The van der Waals surface area contributed by atoms with Crippen LogP contribution in [-0.2, 0) is 0 Å². The smallest absolute Gasteiger partial charge is 0.131 e. The third-order valence-electron chi connectivity index (χ3n) is 3.20. The fourth-order valence-electron chi connectivity index (χ4n) is 2.08. The number of rotatable bonds is 8. The van der Waals surface area contributed by atoms with Crippen LogP contribution >= 0.6 is 0 Å². The Morgan fingerprint density at radius 3 is 2.48 bits per heavy atom. The maximum atomic E-state index is 4.22. The van der Waals surface area contributed by atoms with Crippen LogP contribution in [0, 0.1) is 0 Å². The van der Waals surface area contributed by atoms with Crippen LogP contribution in [0.5, 0.6) is 0 Å². The van der Waals surface area contributed by atoms with Crippen molar-refractivity contribution in [1.82, 2.24) is 9.97 Å². The quantitative estimate of drug-likeness (QED) is 0.730. The van der Waals surface area contributed by atoms with E-state index in [9.17, 15) is 0 Å². The first-order valence-corrected chi connectivity index (χ1v) is 7.35. The van der Waals surface area contributed by atoms with Crippen LogP contribution in [-0.4, -0.2) is 36.6 Å². The van der Waals surface area contributed by atoms with Crippen LogP contribution in [0.25, 0.3) is 0 Å². The van der Waals surface area contributed by atoms with Crippen molar-refractivity contribution < 1.29 is 0 Å². The Morgan fingerprint density at radius 2 is 1.76 bits per heavy atom. The molecule has 2 rings (SSSR count). The largest absolute Gasteiger partial charge is 0.375 e. The molecule has 1 aromatic heterocycles. The number of benzene rings is 1. The molecule has 0 bridgehead atoms. The molecule has 0 radical (unpaired) electrons. The molecule has 0 atom stereocenters. The standard InChI is InChI=1S/C16H23N5/c1-3-17-15-12-16(20-13-19-15)18-10-7-11-21(2)14-8-5-4-6-9-14/h4-6,8-9,12-13H,3,7,10-11H2,1-2H3,(H2,17,18,19,20). The molecule has 0 fully saturated rings. The molecule has 0 aliphatic heterocycles. The molecule has 0 spiro atoms. The molecule has 0 aliphatic rings. The van der Waals surface area contributed by atoms with Gasteiger partial charge in [-0.2, -0.15) is 0 Å². The summed E-state index contributed by atoms with van der Waals surface area (Å²) >= 11 is 0. The number of nitrogens with zero attached hydrogens (tertiary/aromatic N) is 3. The van der Waals surface area contributed by atoms with Crippen LogP contribution in [0.4, 0.5) is 17.3 Å². The summed E-state index contributed by atoms with van der Waals surface area (Å²) < 4.78 is 0. The Kier molecular flexibility index (Phi) is 5.82. The third-order valence-corrected chi connectivity index (χ3v) is 3.20. The molecule has 5 heteroatoms. The molecule has 0 aliphatic carbocycles. The minimum absolute atomic E-state index is 0.858. The number of anilines is 3. The topological polar surface area (TPSA) is 53.1 Å². The average Bonchev–Trinajstić information content (AvgIpc) is 2.53. The van der Waals surface area contributed by atoms with E-state index < -0.39 is 0 Å². The van der Waals surface area contributed by atoms with Crippen molar-refractivity contribution in [3.8, 4) is 0 Å². The van der Waals surface area contributed by atoms with Gasteiger partial charge < -0.3 is 15.5 Å². The zero-order valence-corrected chi connectivity index (χ0v) is 12.7. The molecule has 2 aromatic rings. The molecule has 112 valence electrons. The van der Waals surface area contributed by atoms with E-state index in [0.717, 1.165) is 37.7 Å². The summed E-state index contributed by atoms with van der Waals surface area (Å²) in [4.78, 5) is 10.6. The van der Waals surface area contributed by atoms with E-state index in [4.69, 9.17) is 0 Å². The lowest BCUT2D eigenvalue weighted by Crippen LogP contribution is -2.20. The second-order valence-electron chi connectivity index (χ2n) is 4.86. The summed E-state index contributed by atoms with van der Waals surface area (Å²) in [6, 6.07) is 12.3. The van der Waals surface area contributed by atoms with Gasteiger partial charge >= 0.3 is 0 Å². The fourth-order valence-corrected chi connectivity index (χ4v) is 2.08. The van der Waals surface area contributed by atoms with Gasteiger partial charge in [0.15, 0.2) is 0 Å². The van der Waals surface area contributed by atoms with Crippen LogP contribution < -0.4 is 15.5 Å². The van der Waals surface area contributed by atoms with Crippen molar-refractivity contribution in [3.05, 3.63) is 42.7 Å². The molecule has 21 heavy (non-hydrogen) atoms. The van der Waals surface area contributed by atoms with Crippen LogP contribution in [0.15, 0.2) is 42.7 Å². The van der Waals surface area contributed by atoms with Crippen LogP contribution in [0.2, 0.25) is 0 Å². The van der Waals surface area contributed by atoms with Crippen molar-refractivity contribution in [1.29, 1.82) is 0 Å². The van der Waals surface area contributed by atoms with Gasteiger partial charge in [-0.3, -0.25) is 0 Å². The first kappa shape index (κ1) is 15.1. The van der Waals surface area contributed by atoms with Crippen molar-refractivity contribution >= 4 is 17.3 Å². The minimum Gasteiger partial charge on any atom is -0.375 e. The molecule has 1 aromatic carbocycles. The maximum absolute atomic E-state index is 4.22. The molecule has 0 saturated heterocycles. The maximum Gasteiger partial charge on any atom is 0.131 e. The second-order valence-corrected chi connectivity index (χ2v) is 4.86. The Labute approximate surface area is 126 Å². The zero-order valence-electron chi connectivity index (χ0n) is 12.7. The molecule has 2 N–H and O–H groups in total. The zero-order chi connectivity index (χ0) is 14.9. The van der Waals surface area contributed by atoms with Gasteiger partial charge in [0.2, 0.25) is 0 Å². The normalized spacial score (nSPS) is 10.2. The van der Waals surface area contributed by atoms with E-state index >= 15 is 0 Å². The highest BCUT2D eigenvalue weighted by atomic mass is 15.1. The van der Waals surface area contributed by atoms with Crippen molar-refractivity contribution in [2.24, 2.45) is 0 Å². The molecular weight excluding hydrogens is 262 g/mol. The summed E-state index contributed by atoms with van der Waals surface area (Å²) in [7, 11) is 2.11. The molecule has 5 nitrogen and oxygen atoms in total. The van der Waals surface area contributed by atoms with E-state index in [-0.39, 0.29) is 0 Å². The van der Waals surface area contributed by atoms with Crippen molar-refractivity contribution in [3.63, 3.8) is 0 Å². The lowest BCUT2D eigenvalue weighted by atomic mass is 10.3. The lowest BCUT2D eigenvalue weighted by molar-refractivity contribution is 0.814. The molecule has 0 saturated carbocycles. The fraction of sp³-hybridized carbons (Fsp3) is 0.375. The highest BCUT2D eigenvalue weighted by Crippen LogP contribution is 2.11. The number of nitrogens with one attached hydrogen (secondary N) is 2. The van der Waals surface area contributed by atoms with Gasteiger partial charge in [-0.1, -0.05) is 18.2 Å². The number of aromatic nitrogens is 2. The van der Waals surface area contributed by atoms with E-state index in [1.54, 1.807) is 6.33 Å². The van der Waals surface area contributed by atoms with E-state index in [0.29, 0.717) is 0 Å². The van der Waals surface area contributed by atoms with E-state index in [2.05, 4.69) is 63.7 Å². The van der Waals surface area contributed by atoms with Gasteiger partial charge in [0.05, 0.1) is 0 Å². The second kappa shape index (κ2) is 8.09. The third kappa shape index (κ3) is 4.95. The van der Waals surface area contributed by atoms with Crippen LogP contribution in [0.1, 0.15) is 13.3 Å². The SMILES string of the molecule is CCNc1cc(NCCCN(C)c2ccccc2)ncn1. The summed E-state index contributed by atoms with van der Waals surface area (Å²) in [6.45, 7) is 4.80. The monoisotopic (exact) mass is 285 g/mol. The molecular formula is C16H23N5. The Morgan fingerprint density at radius 1 is 1.05 bits per heavy atom. The summed E-state index contributed by atoms with van der Waals surface area (Å²) in [6.07, 6.45) is 2.63. The predicted octanol–water partition coefficient (Wildman–Crippen LogP) is 2.85. The molecule has 0 unspecified atom stereocenters. The van der Waals surface area contributed by atoms with E-state index in [1.807, 2.05) is 12.1 Å². The molecule has 1 heterocycles. The van der Waals surface area contributed by atoms with Gasteiger partial charge in [-0.05, 0) is 25.5 Å². The van der Waals surface area contributed by atoms with Crippen molar-refractivity contribution in [2.75, 3.05) is 42.2 Å². The Bertz CT molecular complexity index is 529. The first-order valence-electron chi connectivity index (χ1n) is 7.35. The average molecular weight is 285 g/mol. The van der Waals surface area contributed by atoms with Gasteiger partial charge in [-0.25, -0.2) is 9.97 Å². The van der Waals surface area contributed by atoms with Gasteiger partial charge in [-0.15, -0.1) is 0 Å². The number of hydrogen-bond donors (Lipinski definition) is 2. The van der Waals surface area contributed by atoms with Gasteiger partial charge in [0, 0.05) is 38.4 Å². The van der Waals surface area contributed by atoms with Crippen molar-refractivity contribution in [2.45, 2.75) is 13.3 Å². The van der Waals surface area contributed by atoms with Crippen LogP contribution in [0.3, 0.4) is 0 Å². The highest BCUT2D eigenvalue weighted by molar-refractivity contribution is 5.46. The van der Waals surface area contributed by atoms with Gasteiger partial charge in [0.25, 0.3) is 0 Å². The minimum atomic E-state index is 0.858. The van der Waals surface area contributed by atoms with Gasteiger partial charge in [0.1, 0.15) is 18.0 Å². The highest BCUT2D eigenvalue weighted by Gasteiger charge is 2.00. The summed E-state index contributed by atoms with van der Waals surface area (Å²) in [5, 5.41) is 6.51. The summed E-state index contributed by atoms with van der Waals surface area (Å²) in [5.41, 5.74) is 1.24. The summed E-state index contributed by atoms with van der Waals surface area (Å²) in [5.74, 6) is 1.72. The number of hydrogen-bond acceptors (Lipinski definition) is 5.